The lowest BCUT2D eigenvalue weighted by atomic mass is 10.1. The Morgan fingerprint density at radius 1 is 1.42 bits per heavy atom. The second-order valence-electron chi connectivity index (χ2n) is 2.19. The van der Waals surface area contributed by atoms with Gasteiger partial charge in [-0.3, -0.25) is 0 Å². The first-order valence-corrected chi connectivity index (χ1v) is 3.46. The smallest absolute Gasteiger partial charge is 0.0761 e. The molecule has 0 saturated carbocycles. The Kier molecular flexibility index (Phi) is 5.43. The summed E-state index contributed by atoms with van der Waals surface area (Å²) in [5.41, 5.74) is 13.2. The van der Waals surface area contributed by atoms with Crippen LogP contribution in [0, 0.1) is 5.53 Å². The summed E-state index contributed by atoms with van der Waals surface area (Å²) in [6.45, 7) is 1.76. The van der Waals surface area contributed by atoms with Crippen LogP contribution in [0.5, 0.6) is 0 Å². The lowest BCUT2D eigenvalue weighted by molar-refractivity contribution is 0.199. The minimum absolute atomic E-state index is 0.341. The summed E-state index contributed by atoms with van der Waals surface area (Å²) in [6, 6.07) is 9.59. The van der Waals surface area contributed by atoms with Crippen molar-refractivity contribution in [1.82, 2.24) is 0 Å². The Morgan fingerprint density at radius 2 is 1.83 bits per heavy atom. The fourth-order valence-corrected chi connectivity index (χ4v) is 0.732. The molecule has 64 valence electrons. The van der Waals surface area contributed by atoms with E-state index in [1.165, 1.54) is 0 Å². The van der Waals surface area contributed by atoms with Gasteiger partial charge in [-0.1, -0.05) is 30.3 Å². The Labute approximate surface area is 70.9 Å². The molecule has 1 atom stereocenters. The predicted octanol–water partition coefficient (Wildman–Crippen LogP) is 2.62. The van der Waals surface area contributed by atoms with Gasteiger partial charge in [0.1, 0.15) is 0 Å². The van der Waals surface area contributed by atoms with Crippen LogP contribution in [0.15, 0.2) is 30.3 Å². The molecule has 1 aromatic carbocycles. The van der Waals surface area contributed by atoms with E-state index in [0.29, 0.717) is 0 Å². The summed E-state index contributed by atoms with van der Waals surface area (Å²) >= 11 is 0. The van der Waals surface area contributed by atoms with Crippen molar-refractivity contribution < 1.29 is 5.11 Å². The van der Waals surface area contributed by atoms with E-state index in [4.69, 9.17) is 16.2 Å². The molecule has 0 bridgehead atoms. The summed E-state index contributed by atoms with van der Waals surface area (Å²) in [6.07, 6.45) is -0.341. The SMILES string of the molecule is CC(O)c1ccccc1.[N-]=[N+]=N. The van der Waals surface area contributed by atoms with Crippen LogP contribution in [-0.4, -0.2) is 5.11 Å². The lowest BCUT2D eigenvalue weighted by Gasteiger charge is -2.00. The molecule has 0 aliphatic rings. The van der Waals surface area contributed by atoms with Gasteiger partial charge in [0, 0.05) is 0 Å². The molecule has 4 heteroatoms. The topological polar surface area (TPSA) is 80.5 Å². The van der Waals surface area contributed by atoms with E-state index < -0.39 is 0 Å². The zero-order chi connectivity index (χ0) is 9.40. The normalized spacial score (nSPS) is 10.5. The average Bonchev–Trinajstić information content (AvgIpc) is 2.07. The van der Waals surface area contributed by atoms with Gasteiger partial charge in [0.2, 0.25) is 0 Å². The molecule has 0 amide bonds. The Morgan fingerprint density at radius 3 is 2.08 bits per heavy atom. The maximum Gasteiger partial charge on any atom is 0.0761 e. The Bertz CT molecular complexity index is 240. The highest BCUT2D eigenvalue weighted by atomic mass is 16.3. The van der Waals surface area contributed by atoms with Crippen LogP contribution in [0.3, 0.4) is 0 Å². The van der Waals surface area contributed by atoms with E-state index >= 15 is 0 Å². The second-order valence-corrected chi connectivity index (χ2v) is 2.19. The minimum Gasteiger partial charge on any atom is -0.389 e. The summed E-state index contributed by atoms with van der Waals surface area (Å²) in [7, 11) is 0. The van der Waals surface area contributed by atoms with Crippen LogP contribution in [-0.2, 0) is 0 Å². The van der Waals surface area contributed by atoms with Gasteiger partial charge >= 0.3 is 0 Å². The van der Waals surface area contributed by atoms with Crippen LogP contribution >= 0.6 is 0 Å². The van der Waals surface area contributed by atoms with Crippen molar-refractivity contribution >= 4 is 0 Å². The maximum absolute atomic E-state index is 9.02. The maximum atomic E-state index is 9.02. The molecule has 0 heterocycles. The molecule has 4 nitrogen and oxygen atoms in total. The van der Waals surface area contributed by atoms with Gasteiger partial charge in [0.15, 0.2) is 0 Å². The fraction of sp³-hybridized carbons (Fsp3) is 0.250. The molecule has 0 fully saturated rings. The lowest BCUT2D eigenvalue weighted by Crippen LogP contribution is -1.87. The van der Waals surface area contributed by atoms with E-state index in [1.54, 1.807) is 11.8 Å². The molecule has 0 aliphatic heterocycles. The van der Waals surface area contributed by atoms with Gasteiger partial charge in [-0.25, -0.2) is 0 Å². The average molecular weight is 165 g/mol. The van der Waals surface area contributed by atoms with Crippen molar-refractivity contribution in [3.8, 4) is 0 Å². The Hall–Kier alpha value is -1.51. The van der Waals surface area contributed by atoms with Crippen molar-refractivity contribution in [2.24, 2.45) is 0 Å². The molecule has 0 aromatic heterocycles. The highest BCUT2D eigenvalue weighted by Gasteiger charge is 1.95. The van der Waals surface area contributed by atoms with Crippen LogP contribution in [0.1, 0.15) is 18.6 Å². The third kappa shape index (κ3) is 4.33. The number of nitrogens with one attached hydrogen (secondary N) is 1. The summed E-state index contributed by atoms with van der Waals surface area (Å²) < 4.78 is 0. The van der Waals surface area contributed by atoms with Gasteiger partial charge in [-0.15, -0.1) is 5.53 Å². The molecule has 12 heavy (non-hydrogen) atoms. The summed E-state index contributed by atoms with van der Waals surface area (Å²) in [5, 5.41) is 9.02. The summed E-state index contributed by atoms with van der Waals surface area (Å²) in [5.74, 6) is 0. The first kappa shape index (κ1) is 10.5. The van der Waals surface area contributed by atoms with Crippen molar-refractivity contribution in [3.63, 3.8) is 0 Å². The highest BCUT2D eigenvalue weighted by Crippen LogP contribution is 2.08. The first-order valence-electron chi connectivity index (χ1n) is 3.46. The minimum atomic E-state index is -0.341. The van der Waals surface area contributed by atoms with E-state index in [2.05, 4.69) is 0 Å². The van der Waals surface area contributed by atoms with Crippen LogP contribution in [0.25, 0.3) is 10.4 Å². The molecule has 1 rings (SSSR count). The zero-order valence-electron chi connectivity index (χ0n) is 6.81. The number of hydrogen-bond donors (Lipinski definition) is 2. The van der Waals surface area contributed by atoms with Crippen LogP contribution in [0.2, 0.25) is 0 Å². The van der Waals surface area contributed by atoms with E-state index in [1.807, 2.05) is 30.3 Å². The number of hydrogen-bond acceptors (Lipinski definition) is 2. The summed E-state index contributed by atoms with van der Waals surface area (Å²) in [4.78, 5) is 1.75. The molecule has 0 saturated heterocycles. The third-order valence-corrected chi connectivity index (χ3v) is 1.28. The molecular formula is C8H11N3O. The van der Waals surface area contributed by atoms with Crippen molar-refractivity contribution in [3.05, 3.63) is 46.3 Å². The quantitative estimate of drug-likeness (QED) is 0.374. The number of rotatable bonds is 1. The molecule has 1 aromatic rings. The number of nitrogens with zero attached hydrogens (tertiary/aromatic N) is 2. The van der Waals surface area contributed by atoms with Crippen molar-refractivity contribution in [2.45, 2.75) is 13.0 Å². The first-order chi connectivity index (χ1) is 5.72. The van der Waals surface area contributed by atoms with Gasteiger partial charge < -0.3 is 5.11 Å². The Balaban J connectivity index is 0.000000354. The van der Waals surface area contributed by atoms with Gasteiger partial charge in [0.05, 0.1) is 6.10 Å². The molecule has 0 spiro atoms. The van der Waals surface area contributed by atoms with E-state index in [9.17, 15) is 0 Å². The number of aliphatic hydroxyl groups excluding tert-OH is 1. The van der Waals surface area contributed by atoms with Crippen LogP contribution < -0.4 is 0 Å². The molecule has 0 radical (unpaired) electrons. The number of benzene rings is 1. The fourth-order valence-electron chi connectivity index (χ4n) is 0.732. The molecule has 0 aliphatic carbocycles. The molecule has 2 N–H and O–H groups in total. The zero-order valence-corrected chi connectivity index (χ0v) is 6.81. The third-order valence-electron chi connectivity index (χ3n) is 1.28. The van der Waals surface area contributed by atoms with Crippen LogP contribution in [0.4, 0.5) is 0 Å². The predicted molar refractivity (Wildman–Crippen MR) is 46.5 cm³/mol. The van der Waals surface area contributed by atoms with Crippen molar-refractivity contribution in [1.29, 1.82) is 5.53 Å². The van der Waals surface area contributed by atoms with E-state index in [-0.39, 0.29) is 6.10 Å². The van der Waals surface area contributed by atoms with Gasteiger partial charge in [-0.2, -0.15) is 0 Å². The molecular weight excluding hydrogens is 154 g/mol. The monoisotopic (exact) mass is 165 g/mol. The largest absolute Gasteiger partial charge is 0.389 e. The number of aliphatic hydroxyl groups is 1. The van der Waals surface area contributed by atoms with Gasteiger partial charge in [-0.05, 0) is 22.9 Å². The molecule has 1 unspecified atom stereocenters. The second kappa shape index (κ2) is 6.22. The standard InChI is InChI=1S/C8H10O.HN3/c1-7(9)8-5-3-2-4-6-8;1-3-2/h2-7,9H,1H3;1H. The highest BCUT2D eigenvalue weighted by molar-refractivity contribution is 5.16. The van der Waals surface area contributed by atoms with Gasteiger partial charge in [0.25, 0.3) is 0 Å². The van der Waals surface area contributed by atoms with E-state index in [0.717, 1.165) is 5.56 Å². The van der Waals surface area contributed by atoms with Crippen molar-refractivity contribution in [2.75, 3.05) is 0 Å².